The van der Waals surface area contributed by atoms with Gasteiger partial charge in [0.05, 0.1) is 17.6 Å². The fraction of sp³-hybridized carbons (Fsp3) is 0.438. The first-order valence-corrected chi connectivity index (χ1v) is 7.34. The molecule has 0 aliphatic carbocycles. The van der Waals surface area contributed by atoms with Crippen molar-refractivity contribution in [3.63, 3.8) is 0 Å². The Hall–Kier alpha value is -2.57. The second kappa shape index (κ2) is 6.28. The Balaban J connectivity index is 2.54. The van der Waals surface area contributed by atoms with Crippen molar-refractivity contribution < 1.29 is 19.1 Å². The number of para-hydroxylation sites is 2. The van der Waals surface area contributed by atoms with E-state index in [0.29, 0.717) is 11.0 Å². The van der Waals surface area contributed by atoms with Crippen molar-refractivity contribution in [1.29, 1.82) is 0 Å². The van der Waals surface area contributed by atoms with Crippen LogP contribution in [0.5, 0.6) is 0 Å². The maximum atomic E-state index is 12.6. The Bertz CT molecular complexity index is 795. The number of imidazole rings is 1. The number of benzene rings is 1. The summed E-state index contributed by atoms with van der Waals surface area (Å²) in [5, 5.41) is 0. The molecule has 0 saturated heterocycles. The fourth-order valence-electron chi connectivity index (χ4n) is 2.18. The Morgan fingerprint density at radius 1 is 1.13 bits per heavy atom. The largest absolute Gasteiger partial charge is 0.465 e. The van der Waals surface area contributed by atoms with Gasteiger partial charge < -0.3 is 9.47 Å². The molecule has 7 heteroatoms. The molecule has 0 atom stereocenters. The van der Waals surface area contributed by atoms with Gasteiger partial charge in [0.25, 0.3) is 0 Å². The number of rotatable bonds is 3. The molecular formula is C16H20N2O5. The van der Waals surface area contributed by atoms with Crippen LogP contribution in [-0.2, 0) is 20.8 Å². The van der Waals surface area contributed by atoms with Crippen molar-refractivity contribution in [2.45, 2.75) is 39.8 Å². The molecule has 0 bridgehead atoms. The summed E-state index contributed by atoms with van der Waals surface area (Å²) in [4.78, 5) is 36.6. The topological polar surface area (TPSA) is 79.5 Å². The molecule has 0 aliphatic rings. The zero-order valence-corrected chi connectivity index (χ0v) is 13.7. The molecule has 0 unspecified atom stereocenters. The number of fused-ring (bicyclic) bond motifs is 1. The van der Waals surface area contributed by atoms with Gasteiger partial charge in [-0.2, -0.15) is 4.57 Å². The number of esters is 1. The fourth-order valence-corrected chi connectivity index (χ4v) is 2.18. The molecule has 0 saturated carbocycles. The van der Waals surface area contributed by atoms with E-state index in [9.17, 15) is 14.4 Å². The van der Waals surface area contributed by atoms with Crippen molar-refractivity contribution >= 4 is 23.1 Å². The van der Waals surface area contributed by atoms with Crippen LogP contribution in [0.4, 0.5) is 4.79 Å². The van der Waals surface area contributed by atoms with E-state index in [1.807, 2.05) is 0 Å². The Morgan fingerprint density at radius 2 is 1.74 bits per heavy atom. The second-order valence-corrected chi connectivity index (χ2v) is 5.98. The van der Waals surface area contributed by atoms with Crippen molar-refractivity contribution in [1.82, 2.24) is 9.13 Å². The first-order valence-electron chi connectivity index (χ1n) is 7.34. The van der Waals surface area contributed by atoms with Crippen molar-refractivity contribution in [2.75, 3.05) is 6.61 Å². The van der Waals surface area contributed by atoms with E-state index in [1.165, 1.54) is 4.57 Å². The number of aromatic nitrogens is 2. The molecule has 2 aromatic rings. The molecule has 0 N–H and O–H groups in total. The molecule has 0 aliphatic heterocycles. The zero-order valence-electron chi connectivity index (χ0n) is 13.7. The van der Waals surface area contributed by atoms with Crippen LogP contribution in [0.1, 0.15) is 27.7 Å². The summed E-state index contributed by atoms with van der Waals surface area (Å²) in [6.45, 7) is 6.79. The minimum atomic E-state index is -0.777. The minimum Gasteiger partial charge on any atom is -0.465 e. The van der Waals surface area contributed by atoms with Crippen molar-refractivity contribution in [3.8, 4) is 0 Å². The third-order valence-corrected chi connectivity index (χ3v) is 3.00. The number of hydrogen-bond donors (Lipinski definition) is 0. The van der Waals surface area contributed by atoms with Gasteiger partial charge in [-0.25, -0.2) is 9.59 Å². The monoisotopic (exact) mass is 320 g/mol. The summed E-state index contributed by atoms with van der Waals surface area (Å²) in [6, 6.07) is 6.72. The SMILES string of the molecule is CCOC(=O)Cn1c(=O)n(C(=O)OC(C)(C)C)c2ccccc21. The lowest BCUT2D eigenvalue weighted by Gasteiger charge is -2.19. The van der Waals surface area contributed by atoms with Gasteiger partial charge in [0.15, 0.2) is 0 Å². The van der Waals surface area contributed by atoms with E-state index in [-0.39, 0.29) is 13.2 Å². The van der Waals surface area contributed by atoms with Gasteiger partial charge in [-0.15, -0.1) is 0 Å². The molecule has 124 valence electrons. The van der Waals surface area contributed by atoms with Gasteiger partial charge in [0.2, 0.25) is 0 Å². The zero-order chi connectivity index (χ0) is 17.2. The third-order valence-electron chi connectivity index (χ3n) is 3.00. The van der Waals surface area contributed by atoms with E-state index >= 15 is 0 Å². The average molecular weight is 320 g/mol. The summed E-state index contributed by atoms with van der Waals surface area (Å²) in [5.74, 6) is -0.540. The van der Waals surface area contributed by atoms with Crippen LogP contribution in [0.25, 0.3) is 11.0 Å². The summed E-state index contributed by atoms with van der Waals surface area (Å²) >= 11 is 0. The number of hydrogen-bond acceptors (Lipinski definition) is 5. The van der Waals surface area contributed by atoms with Crippen LogP contribution in [0.15, 0.2) is 29.1 Å². The quantitative estimate of drug-likeness (QED) is 0.810. The number of carbonyl (C=O) groups is 2. The highest BCUT2D eigenvalue weighted by atomic mass is 16.6. The highest BCUT2D eigenvalue weighted by molar-refractivity contribution is 5.87. The summed E-state index contributed by atoms with van der Waals surface area (Å²) < 4.78 is 12.3. The summed E-state index contributed by atoms with van der Waals surface area (Å²) in [6.07, 6.45) is -0.777. The molecule has 1 heterocycles. The number of ether oxygens (including phenoxy) is 2. The molecule has 2 rings (SSSR count). The molecule has 23 heavy (non-hydrogen) atoms. The maximum absolute atomic E-state index is 12.6. The second-order valence-electron chi connectivity index (χ2n) is 5.98. The normalized spacial score (nSPS) is 11.5. The van der Waals surface area contributed by atoms with E-state index < -0.39 is 23.4 Å². The van der Waals surface area contributed by atoms with E-state index in [0.717, 1.165) is 4.57 Å². The van der Waals surface area contributed by atoms with Crippen molar-refractivity contribution in [3.05, 3.63) is 34.7 Å². The lowest BCUT2D eigenvalue weighted by atomic mass is 10.2. The standard InChI is InChI=1S/C16H20N2O5/c1-5-22-13(19)10-17-11-8-6-7-9-12(11)18(14(17)20)15(21)23-16(2,3)4/h6-9H,5,10H2,1-4H3. The molecule has 7 nitrogen and oxygen atoms in total. The minimum absolute atomic E-state index is 0.221. The lowest BCUT2D eigenvalue weighted by molar-refractivity contribution is -0.143. The van der Waals surface area contributed by atoms with E-state index in [2.05, 4.69) is 0 Å². The van der Waals surface area contributed by atoms with Gasteiger partial charge >= 0.3 is 17.8 Å². The highest BCUT2D eigenvalue weighted by Gasteiger charge is 2.24. The van der Waals surface area contributed by atoms with Crippen LogP contribution in [0.3, 0.4) is 0 Å². The Morgan fingerprint density at radius 3 is 2.30 bits per heavy atom. The van der Waals surface area contributed by atoms with Gasteiger partial charge in [-0.05, 0) is 39.8 Å². The predicted molar refractivity (Wildman–Crippen MR) is 84.5 cm³/mol. The van der Waals surface area contributed by atoms with Gasteiger partial charge in [0, 0.05) is 0 Å². The Kier molecular flexibility index (Phi) is 4.58. The van der Waals surface area contributed by atoms with E-state index in [1.54, 1.807) is 52.0 Å². The van der Waals surface area contributed by atoms with Crippen LogP contribution >= 0.6 is 0 Å². The molecule has 0 radical (unpaired) electrons. The Labute approximate surface area is 133 Å². The number of carbonyl (C=O) groups excluding carboxylic acids is 2. The number of nitrogens with zero attached hydrogens (tertiary/aromatic N) is 2. The summed E-state index contributed by atoms with van der Waals surface area (Å²) in [7, 11) is 0. The van der Waals surface area contributed by atoms with Crippen molar-refractivity contribution in [2.24, 2.45) is 0 Å². The smallest absolute Gasteiger partial charge is 0.423 e. The lowest BCUT2D eigenvalue weighted by Crippen LogP contribution is -2.35. The molecule has 0 amide bonds. The van der Waals surface area contributed by atoms with Gasteiger partial charge in [-0.1, -0.05) is 12.1 Å². The average Bonchev–Trinajstić information content (AvgIpc) is 2.70. The molecule has 1 aromatic carbocycles. The third kappa shape index (κ3) is 3.61. The van der Waals surface area contributed by atoms with Gasteiger partial charge in [-0.3, -0.25) is 9.36 Å². The first kappa shape index (κ1) is 16.8. The van der Waals surface area contributed by atoms with Crippen LogP contribution in [0, 0.1) is 0 Å². The molecular weight excluding hydrogens is 300 g/mol. The van der Waals surface area contributed by atoms with Gasteiger partial charge in [0.1, 0.15) is 12.1 Å². The van der Waals surface area contributed by atoms with Crippen LogP contribution < -0.4 is 5.69 Å². The maximum Gasteiger partial charge on any atom is 0.423 e. The van der Waals surface area contributed by atoms with E-state index in [4.69, 9.17) is 9.47 Å². The molecule has 0 fully saturated rings. The molecule has 0 spiro atoms. The summed E-state index contributed by atoms with van der Waals surface area (Å²) in [5.41, 5.74) is -0.512. The molecule has 1 aromatic heterocycles. The van der Waals surface area contributed by atoms with Crippen LogP contribution in [-0.4, -0.2) is 33.4 Å². The first-order chi connectivity index (χ1) is 10.7. The van der Waals surface area contributed by atoms with Crippen LogP contribution in [0.2, 0.25) is 0 Å². The highest BCUT2D eigenvalue weighted by Crippen LogP contribution is 2.15. The predicted octanol–water partition coefficient (Wildman–Crippen LogP) is 2.15.